The van der Waals surface area contributed by atoms with Gasteiger partial charge in [-0.2, -0.15) is 0 Å². The molecule has 0 aliphatic rings. The van der Waals surface area contributed by atoms with Crippen LogP contribution in [-0.4, -0.2) is 19.8 Å². The highest BCUT2D eigenvalue weighted by molar-refractivity contribution is 5.29. The van der Waals surface area contributed by atoms with E-state index in [2.05, 4.69) is 26.2 Å². The summed E-state index contributed by atoms with van der Waals surface area (Å²) in [5.41, 5.74) is 3.95. The van der Waals surface area contributed by atoms with Gasteiger partial charge >= 0.3 is 0 Å². The third-order valence-electron chi connectivity index (χ3n) is 3.15. The summed E-state index contributed by atoms with van der Waals surface area (Å²) < 4.78 is 11.1. The Morgan fingerprint density at radius 2 is 1.84 bits per heavy atom. The Bertz CT molecular complexity index is 352. The zero-order chi connectivity index (χ0) is 14.3. The molecule has 0 radical (unpaired) electrons. The first kappa shape index (κ1) is 16.0. The minimum atomic E-state index is -0.0229. The van der Waals surface area contributed by atoms with E-state index in [-0.39, 0.29) is 12.1 Å². The van der Waals surface area contributed by atoms with Crippen molar-refractivity contribution in [3.05, 3.63) is 29.8 Å². The van der Waals surface area contributed by atoms with E-state index in [4.69, 9.17) is 15.3 Å². The summed E-state index contributed by atoms with van der Waals surface area (Å²) >= 11 is 0. The van der Waals surface area contributed by atoms with Crippen LogP contribution in [-0.2, 0) is 4.74 Å². The smallest absolute Gasteiger partial charge is 0.119 e. The predicted octanol–water partition coefficient (Wildman–Crippen LogP) is 2.65. The van der Waals surface area contributed by atoms with Gasteiger partial charge in [-0.3, -0.25) is 11.3 Å². The van der Waals surface area contributed by atoms with E-state index < -0.39 is 0 Å². The number of methoxy groups -OCH3 is 1. The highest BCUT2D eigenvalue weighted by atomic mass is 16.5. The Balaban J connectivity index is 2.81. The third kappa shape index (κ3) is 4.49. The molecule has 0 heterocycles. The summed E-state index contributed by atoms with van der Waals surface area (Å²) in [6, 6.07) is 7.99. The van der Waals surface area contributed by atoms with Crippen LogP contribution in [0.5, 0.6) is 5.75 Å². The van der Waals surface area contributed by atoms with E-state index in [0.29, 0.717) is 5.92 Å². The number of benzene rings is 1. The molecule has 0 aliphatic heterocycles. The van der Waals surface area contributed by atoms with Crippen LogP contribution in [0.15, 0.2) is 24.3 Å². The average molecular weight is 266 g/mol. The van der Waals surface area contributed by atoms with Gasteiger partial charge in [0.05, 0.1) is 18.8 Å². The lowest BCUT2D eigenvalue weighted by atomic mass is 9.94. The molecule has 2 atom stereocenters. The second-order valence-corrected chi connectivity index (χ2v) is 5.01. The van der Waals surface area contributed by atoms with Crippen molar-refractivity contribution in [3.8, 4) is 5.75 Å². The minimum Gasteiger partial charge on any atom is -0.494 e. The monoisotopic (exact) mass is 266 g/mol. The van der Waals surface area contributed by atoms with Crippen LogP contribution in [0.1, 0.15) is 38.8 Å². The highest BCUT2D eigenvalue weighted by Crippen LogP contribution is 2.25. The average Bonchev–Trinajstić information content (AvgIpc) is 2.42. The molecule has 19 heavy (non-hydrogen) atoms. The Labute approximate surface area is 116 Å². The molecule has 4 heteroatoms. The fourth-order valence-electron chi connectivity index (χ4n) is 2.17. The lowest BCUT2D eigenvalue weighted by Crippen LogP contribution is -2.40. The number of ether oxygens (including phenoxy) is 2. The maximum Gasteiger partial charge on any atom is 0.119 e. The maximum atomic E-state index is 5.68. The number of nitrogens with one attached hydrogen (secondary N) is 1. The van der Waals surface area contributed by atoms with Crippen LogP contribution in [0.25, 0.3) is 0 Å². The molecule has 1 rings (SSSR count). The molecule has 4 nitrogen and oxygen atoms in total. The van der Waals surface area contributed by atoms with E-state index in [1.807, 2.05) is 24.3 Å². The van der Waals surface area contributed by atoms with Gasteiger partial charge in [-0.15, -0.1) is 0 Å². The van der Waals surface area contributed by atoms with E-state index in [0.717, 1.165) is 24.3 Å². The topological polar surface area (TPSA) is 56.5 Å². The molecule has 0 bridgehead atoms. The van der Waals surface area contributed by atoms with Crippen molar-refractivity contribution in [2.75, 3.05) is 13.7 Å². The zero-order valence-electron chi connectivity index (χ0n) is 12.3. The summed E-state index contributed by atoms with van der Waals surface area (Å²) in [5.74, 6) is 6.94. The summed E-state index contributed by atoms with van der Waals surface area (Å²) in [7, 11) is 1.72. The van der Waals surface area contributed by atoms with E-state index in [1.54, 1.807) is 7.11 Å². The fraction of sp³-hybridized carbons (Fsp3) is 0.600. The van der Waals surface area contributed by atoms with E-state index >= 15 is 0 Å². The van der Waals surface area contributed by atoms with Crippen molar-refractivity contribution in [2.45, 2.75) is 39.3 Å². The van der Waals surface area contributed by atoms with Crippen molar-refractivity contribution in [1.29, 1.82) is 0 Å². The van der Waals surface area contributed by atoms with Gasteiger partial charge in [-0.05, 0) is 30.0 Å². The van der Waals surface area contributed by atoms with Gasteiger partial charge in [0.2, 0.25) is 0 Å². The van der Waals surface area contributed by atoms with Crippen LogP contribution in [0.2, 0.25) is 0 Å². The van der Waals surface area contributed by atoms with E-state index in [1.165, 1.54) is 0 Å². The lowest BCUT2D eigenvalue weighted by Gasteiger charge is -2.28. The van der Waals surface area contributed by atoms with Crippen LogP contribution >= 0.6 is 0 Å². The Morgan fingerprint density at radius 3 is 2.26 bits per heavy atom. The molecule has 0 amide bonds. The van der Waals surface area contributed by atoms with Crippen molar-refractivity contribution in [2.24, 2.45) is 11.8 Å². The molecule has 0 aliphatic carbocycles. The molecule has 1 aromatic carbocycles. The summed E-state index contributed by atoms with van der Waals surface area (Å²) in [5, 5.41) is 0. The fourth-order valence-corrected chi connectivity index (χ4v) is 2.17. The maximum absolute atomic E-state index is 5.68. The van der Waals surface area contributed by atoms with Crippen molar-refractivity contribution in [1.82, 2.24) is 5.43 Å². The van der Waals surface area contributed by atoms with Crippen LogP contribution in [0, 0.1) is 5.92 Å². The van der Waals surface area contributed by atoms with E-state index in [9.17, 15) is 0 Å². The molecule has 0 aromatic heterocycles. The number of hydrogen-bond donors (Lipinski definition) is 2. The highest BCUT2D eigenvalue weighted by Gasteiger charge is 2.24. The van der Waals surface area contributed by atoms with Gasteiger partial charge in [0.15, 0.2) is 0 Å². The lowest BCUT2D eigenvalue weighted by molar-refractivity contribution is 0.0326. The molecular formula is C15H26N2O2. The molecule has 108 valence electrons. The molecule has 2 unspecified atom stereocenters. The number of hydrazine groups is 1. The van der Waals surface area contributed by atoms with Crippen molar-refractivity contribution in [3.63, 3.8) is 0 Å². The SMILES string of the molecule is CCCOc1ccc(C(NN)C(OC)C(C)C)cc1. The molecule has 0 saturated carbocycles. The number of hydrogen-bond acceptors (Lipinski definition) is 4. The van der Waals surface area contributed by atoms with Crippen LogP contribution in [0.4, 0.5) is 0 Å². The van der Waals surface area contributed by atoms with Gasteiger partial charge in [0.1, 0.15) is 5.75 Å². The first-order valence-electron chi connectivity index (χ1n) is 6.85. The van der Waals surface area contributed by atoms with Gasteiger partial charge in [0, 0.05) is 7.11 Å². The summed E-state index contributed by atoms with van der Waals surface area (Å²) in [6.07, 6.45) is 1.04. The normalized spacial score (nSPS) is 14.4. The molecule has 1 aromatic rings. The van der Waals surface area contributed by atoms with Gasteiger partial charge in [-0.25, -0.2) is 0 Å². The first-order chi connectivity index (χ1) is 9.13. The first-order valence-corrected chi connectivity index (χ1v) is 6.85. The Kier molecular flexibility index (Phi) is 6.84. The molecule has 0 saturated heterocycles. The third-order valence-corrected chi connectivity index (χ3v) is 3.15. The van der Waals surface area contributed by atoms with Crippen molar-refractivity contribution < 1.29 is 9.47 Å². The largest absolute Gasteiger partial charge is 0.494 e. The zero-order valence-corrected chi connectivity index (χ0v) is 12.3. The van der Waals surface area contributed by atoms with Crippen molar-refractivity contribution >= 4 is 0 Å². The molecular weight excluding hydrogens is 240 g/mol. The molecule has 3 N–H and O–H groups in total. The van der Waals surface area contributed by atoms with Gasteiger partial charge < -0.3 is 9.47 Å². The standard InChI is InChI=1S/C15H26N2O2/c1-5-10-19-13-8-6-12(7-9-13)14(17-16)15(18-4)11(2)3/h6-9,11,14-15,17H,5,10,16H2,1-4H3. The second-order valence-electron chi connectivity index (χ2n) is 5.01. The van der Waals surface area contributed by atoms with Gasteiger partial charge in [-0.1, -0.05) is 32.9 Å². The van der Waals surface area contributed by atoms with Crippen LogP contribution in [0.3, 0.4) is 0 Å². The minimum absolute atomic E-state index is 0.0229. The second kappa shape index (κ2) is 8.15. The Morgan fingerprint density at radius 1 is 1.21 bits per heavy atom. The van der Waals surface area contributed by atoms with Crippen LogP contribution < -0.4 is 16.0 Å². The van der Waals surface area contributed by atoms with Gasteiger partial charge in [0.25, 0.3) is 0 Å². The number of rotatable bonds is 8. The molecule has 0 fully saturated rings. The molecule has 0 spiro atoms. The number of nitrogens with two attached hydrogens (primary N) is 1. The summed E-state index contributed by atoms with van der Waals surface area (Å²) in [6.45, 7) is 7.08. The predicted molar refractivity (Wildman–Crippen MR) is 77.9 cm³/mol. The quantitative estimate of drug-likeness (QED) is 0.561. The summed E-state index contributed by atoms with van der Waals surface area (Å²) in [4.78, 5) is 0. The Hall–Kier alpha value is -1.10.